The van der Waals surface area contributed by atoms with E-state index in [1.165, 1.54) is 4.90 Å². The number of amides is 1. The van der Waals surface area contributed by atoms with Crippen molar-refractivity contribution in [3.8, 4) is 17.2 Å². The molecule has 0 aromatic heterocycles. The Hall–Kier alpha value is -5.04. The Bertz CT molecular complexity index is 1660. The molecule has 0 saturated carbocycles. The molecule has 1 aliphatic heterocycles. The molecule has 0 bridgehead atoms. The van der Waals surface area contributed by atoms with Crippen LogP contribution in [0.5, 0.6) is 17.2 Å². The van der Waals surface area contributed by atoms with E-state index >= 15 is 0 Å². The maximum absolute atomic E-state index is 13.6. The van der Waals surface area contributed by atoms with Crippen LogP contribution in [0.15, 0.2) is 103 Å². The van der Waals surface area contributed by atoms with Crippen molar-refractivity contribution in [2.45, 2.75) is 46.1 Å². The molecule has 5 rings (SSSR count). The highest BCUT2D eigenvalue weighted by atomic mass is 16.5. The zero-order valence-corrected chi connectivity index (χ0v) is 24.7. The molecule has 1 aliphatic rings. The Balaban J connectivity index is 1.55. The number of Topliss-reactive ketones (excluding diaryl/α,β-unsaturated/α-hetero) is 1. The van der Waals surface area contributed by atoms with Crippen LogP contribution in [-0.4, -0.2) is 34.9 Å². The van der Waals surface area contributed by atoms with E-state index < -0.39 is 17.7 Å². The molecule has 1 atom stereocenters. The van der Waals surface area contributed by atoms with E-state index in [0.29, 0.717) is 35.0 Å². The summed E-state index contributed by atoms with van der Waals surface area (Å²) in [5, 5.41) is 11.6. The highest BCUT2D eigenvalue weighted by Crippen LogP contribution is 2.42. The first-order valence-electron chi connectivity index (χ1n) is 14.2. The van der Waals surface area contributed by atoms with Crippen LogP contribution in [0.1, 0.15) is 47.7 Å². The van der Waals surface area contributed by atoms with Crippen molar-refractivity contribution >= 4 is 17.4 Å². The quantitative estimate of drug-likeness (QED) is 0.124. The van der Waals surface area contributed by atoms with E-state index in [1.807, 2.05) is 99.6 Å². The van der Waals surface area contributed by atoms with Gasteiger partial charge in [-0.25, -0.2) is 0 Å². The molecule has 4 aromatic rings. The summed E-state index contributed by atoms with van der Waals surface area (Å²) in [6, 6.07) is 28.9. The molecule has 1 N–H and O–H groups in total. The SMILES string of the molecule is COc1ccccc1CN1C(=O)C(=O)/C(=C(/O)c2ccc(OCc3ccccc3)c(C)c2)C1c1cccc(OC(C)C)c1. The van der Waals surface area contributed by atoms with Gasteiger partial charge in [0.1, 0.15) is 29.6 Å². The number of para-hydroxylation sites is 1. The molecule has 1 unspecified atom stereocenters. The minimum Gasteiger partial charge on any atom is -0.507 e. The number of aryl methyl sites for hydroxylation is 1. The lowest BCUT2D eigenvalue weighted by Crippen LogP contribution is -2.29. The summed E-state index contributed by atoms with van der Waals surface area (Å²) in [4.78, 5) is 28.7. The number of ketones is 1. The van der Waals surface area contributed by atoms with E-state index in [2.05, 4.69) is 0 Å². The fraction of sp³-hybridized carbons (Fsp3) is 0.222. The highest BCUT2D eigenvalue weighted by molar-refractivity contribution is 6.46. The van der Waals surface area contributed by atoms with Crippen LogP contribution in [0.3, 0.4) is 0 Å². The number of methoxy groups -OCH3 is 1. The molecule has 7 nitrogen and oxygen atoms in total. The van der Waals surface area contributed by atoms with Gasteiger partial charge in [0.15, 0.2) is 0 Å². The topological polar surface area (TPSA) is 85.3 Å². The van der Waals surface area contributed by atoms with Gasteiger partial charge in [0.25, 0.3) is 11.7 Å². The van der Waals surface area contributed by atoms with Crippen LogP contribution >= 0.6 is 0 Å². The molecule has 1 amide bonds. The number of nitrogens with zero attached hydrogens (tertiary/aromatic N) is 1. The largest absolute Gasteiger partial charge is 0.507 e. The molecule has 0 aliphatic carbocycles. The van der Waals surface area contributed by atoms with E-state index in [1.54, 1.807) is 25.3 Å². The van der Waals surface area contributed by atoms with Crippen LogP contribution in [0.2, 0.25) is 0 Å². The van der Waals surface area contributed by atoms with Crippen molar-refractivity contribution in [2.75, 3.05) is 7.11 Å². The summed E-state index contributed by atoms with van der Waals surface area (Å²) in [5.41, 5.74) is 3.63. The van der Waals surface area contributed by atoms with Gasteiger partial charge >= 0.3 is 0 Å². The van der Waals surface area contributed by atoms with E-state index in [-0.39, 0.29) is 24.0 Å². The Morgan fingerprint density at radius 2 is 1.63 bits per heavy atom. The zero-order chi connectivity index (χ0) is 30.5. The van der Waals surface area contributed by atoms with Crippen molar-refractivity contribution in [2.24, 2.45) is 0 Å². The van der Waals surface area contributed by atoms with Crippen molar-refractivity contribution < 1.29 is 28.9 Å². The number of benzene rings is 4. The first-order valence-corrected chi connectivity index (χ1v) is 14.2. The Labute approximate surface area is 252 Å². The highest BCUT2D eigenvalue weighted by Gasteiger charge is 2.46. The average molecular weight is 578 g/mol. The number of ether oxygens (including phenoxy) is 3. The third-order valence-corrected chi connectivity index (χ3v) is 7.30. The molecule has 1 fully saturated rings. The van der Waals surface area contributed by atoms with Gasteiger partial charge in [-0.05, 0) is 73.9 Å². The van der Waals surface area contributed by atoms with Crippen molar-refractivity contribution in [3.63, 3.8) is 0 Å². The molecule has 0 radical (unpaired) electrons. The maximum atomic E-state index is 13.6. The number of hydrogen-bond donors (Lipinski definition) is 1. The predicted molar refractivity (Wildman–Crippen MR) is 165 cm³/mol. The second kappa shape index (κ2) is 12.9. The lowest BCUT2D eigenvalue weighted by Gasteiger charge is -2.26. The zero-order valence-electron chi connectivity index (χ0n) is 24.7. The number of rotatable bonds is 10. The predicted octanol–water partition coefficient (Wildman–Crippen LogP) is 6.99. The normalized spacial score (nSPS) is 16.0. The fourth-order valence-electron chi connectivity index (χ4n) is 5.29. The molecular formula is C36H35NO6. The van der Waals surface area contributed by atoms with Crippen LogP contribution in [0.4, 0.5) is 0 Å². The number of carbonyl (C=O) groups excluding carboxylic acids is 2. The van der Waals surface area contributed by atoms with Crippen LogP contribution in [-0.2, 0) is 22.7 Å². The summed E-state index contributed by atoms with van der Waals surface area (Å²) in [5.74, 6) is 0.153. The minimum atomic E-state index is -0.852. The summed E-state index contributed by atoms with van der Waals surface area (Å²) in [6.45, 7) is 6.24. The molecular weight excluding hydrogens is 542 g/mol. The Morgan fingerprint density at radius 3 is 2.35 bits per heavy atom. The summed E-state index contributed by atoms with van der Waals surface area (Å²) >= 11 is 0. The summed E-state index contributed by atoms with van der Waals surface area (Å²) < 4.78 is 17.5. The molecule has 1 heterocycles. The van der Waals surface area contributed by atoms with Crippen LogP contribution in [0.25, 0.3) is 5.76 Å². The van der Waals surface area contributed by atoms with Crippen molar-refractivity contribution in [3.05, 3.63) is 130 Å². The van der Waals surface area contributed by atoms with Crippen LogP contribution < -0.4 is 14.2 Å². The van der Waals surface area contributed by atoms with E-state index in [4.69, 9.17) is 14.2 Å². The first kappa shape index (κ1) is 29.5. The third kappa shape index (κ3) is 6.41. The van der Waals surface area contributed by atoms with Crippen molar-refractivity contribution in [1.29, 1.82) is 0 Å². The monoisotopic (exact) mass is 577 g/mol. The van der Waals surface area contributed by atoms with Gasteiger partial charge in [0, 0.05) is 11.1 Å². The smallest absolute Gasteiger partial charge is 0.295 e. The third-order valence-electron chi connectivity index (χ3n) is 7.30. The second-order valence-corrected chi connectivity index (χ2v) is 10.7. The lowest BCUT2D eigenvalue weighted by atomic mass is 9.94. The number of carbonyl (C=O) groups is 2. The first-order chi connectivity index (χ1) is 20.8. The van der Waals surface area contributed by atoms with Crippen molar-refractivity contribution in [1.82, 2.24) is 4.90 Å². The molecule has 0 spiro atoms. The number of aliphatic hydroxyl groups excluding tert-OH is 1. The van der Waals surface area contributed by atoms with Gasteiger partial charge in [-0.2, -0.15) is 0 Å². The second-order valence-electron chi connectivity index (χ2n) is 10.7. The lowest BCUT2D eigenvalue weighted by molar-refractivity contribution is -0.140. The maximum Gasteiger partial charge on any atom is 0.295 e. The molecule has 220 valence electrons. The standard InChI is InChI=1S/C36H35NO6/c1-23(2)43-29-15-10-14-26(20-29)33-32(35(39)36(40)37(33)21-28-13-8-9-16-31(28)41-4)34(38)27-17-18-30(24(3)19-27)42-22-25-11-6-5-7-12-25/h5-20,23,33,38H,21-22H2,1-4H3/b34-32+. The van der Waals surface area contributed by atoms with Crippen LogP contribution in [0, 0.1) is 6.92 Å². The van der Waals surface area contributed by atoms with Gasteiger partial charge in [0.05, 0.1) is 31.4 Å². The molecule has 4 aromatic carbocycles. The molecule has 7 heteroatoms. The van der Waals surface area contributed by atoms with E-state index in [9.17, 15) is 14.7 Å². The number of hydrogen-bond acceptors (Lipinski definition) is 6. The van der Waals surface area contributed by atoms with Gasteiger partial charge in [-0.15, -0.1) is 0 Å². The van der Waals surface area contributed by atoms with E-state index in [0.717, 1.165) is 16.7 Å². The molecule has 1 saturated heterocycles. The number of aliphatic hydroxyl groups is 1. The Kier molecular flexibility index (Phi) is 8.81. The average Bonchev–Trinajstić information content (AvgIpc) is 3.25. The number of likely N-dealkylation sites (tertiary alicyclic amines) is 1. The fourth-order valence-corrected chi connectivity index (χ4v) is 5.29. The Morgan fingerprint density at radius 1 is 0.884 bits per heavy atom. The van der Waals surface area contributed by atoms with Gasteiger partial charge < -0.3 is 24.2 Å². The van der Waals surface area contributed by atoms with Gasteiger partial charge in [-0.3, -0.25) is 9.59 Å². The summed E-state index contributed by atoms with van der Waals surface area (Å²) in [6.07, 6.45) is -0.0687. The minimum absolute atomic E-state index is 0.0129. The van der Waals surface area contributed by atoms with Gasteiger partial charge in [-0.1, -0.05) is 60.7 Å². The van der Waals surface area contributed by atoms with Gasteiger partial charge in [0.2, 0.25) is 0 Å². The molecule has 43 heavy (non-hydrogen) atoms. The summed E-state index contributed by atoms with van der Waals surface area (Å²) in [7, 11) is 1.56.